The summed E-state index contributed by atoms with van der Waals surface area (Å²) in [6, 6.07) is 3.56. The van der Waals surface area contributed by atoms with Gasteiger partial charge >= 0.3 is 0 Å². The van der Waals surface area contributed by atoms with Crippen LogP contribution in [0.1, 0.15) is 37.8 Å². The van der Waals surface area contributed by atoms with Crippen LogP contribution in [0.15, 0.2) is 18.2 Å². The van der Waals surface area contributed by atoms with Gasteiger partial charge in [0.05, 0.1) is 5.92 Å². The van der Waals surface area contributed by atoms with Crippen LogP contribution in [0.5, 0.6) is 0 Å². The van der Waals surface area contributed by atoms with Crippen LogP contribution in [0.25, 0.3) is 0 Å². The average molecular weight is 337 g/mol. The second-order valence-corrected chi connectivity index (χ2v) is 6.90. The van der Waals surface area contributed by atoms with E-state index in [1.807, 2.05) is 11.8 Å². The van der Waals surface area contributed by atoms with E-state index in [1.54, 1.807) is 0 Å². The highest BCUT2D eigenvalue weighted by atomic mass is 19.1. The van der Waals surface area contributed by atoms with Gasteiger partial charge in [-0.1, -0.05) is 12.5 Å². The second-order valence-electron chi connectivity index (χ2n) is 6.90. The molecule has 3 rings (SSSR count). The number of carbonyl (C=O) groups is 1. The smallest absolute Gasteiger partial charge is 0.227 e. The van der Waals surface area contributed by atoms with Gasteiger partial charge in [-0.25, -0.2) is 8.78 Å². The van der Waals surface area contributed by atoms with Crippen LogP contribution in [-0.2, 0) is 4.79 Å². The molecule has 3 atom stereocenters. The van der Waals surface area contributed by atoms with Gasteiger partial charge in [-0.05, 0) is 25.8 Å². The highest BCUT2D eigenvalue weighted by molar-refractivity contribution is 5.80. The molecule has 2 N–H and O–H groups in total. The standard InChI is InChI=1S/C18H25F2N3O/c1-12(14-6-5-13(19)11-16(14)20)22-7-9-23(10-8-22)18(24)15-3-2-4-17(15)21/h5-6,11-12,15,17H,2-4,7-10,21H2,1H3/t12-,15-,17+/m1/s1. The molecule has 1 amide bonds. The molecule has 2 aliphatic rings. The normalized spacial score (nSPS) is 26.6. The highest BCUT2D eigenvalue weighted by Crippen LogP contribution is 2.28. The average Bonchev–Trinajstić information content (AvgIpc) is 3.00. The Bertz CT molecular complexity index is 602. The predicted molar refractivity (Wildman–Crippen MR) is 88.2 cm³/mol. The van der Waals surface area contributed by atoms with Crippen LogP contribution < -0.4 is 5.73 Å². The Balaban J connectivity index is 1.59. The first-order valence-electron chi connectivity index (χ1n) is 8.70. The minimum absolute atomic E-state index is 0.0113. The summed E-state index contributed by atoms with van der Waals surface area (Å²) in [6.07, 6.45) is 2.84. The van der Waals surface area contributed by atoms with Gasteiger partial charge in [-0.3, -0.25) is 9.69 Å². The van der Waals surface area contributed by atoms with Crippen molar-refractivity contribution in [1.29, 1.82) is 0 Å². The molecule has 0 aromatic heterocycles. The Morgan fingerprint density at radius 3 is 2.50 bits per heavy atom. The van der Waals surface area contributed by atoms with Gasteiger partial charge in [0, 0.05) is 49.9 Å². The summed E-state index contributed by atoms with van der Waals surface area (Å²) < 4.78 is 27.0. The number of carbonyl (C=O) groups excluding carboxylic acids is 1. The summed E-state index contributed by atoms with van der Waals surface area (Å²) in [7, 11) is 0. The van der Waals surface area contributed by atoms with Crippen molar-refractivity contribution in [3.8, 4) is 0 Å². The zero-order valence-electron chi connectivity index (χ0n) is 14.0. The van der Waals surface area contributed by atoms with Crippen molar-refractivity contribution in [3.05, 3.63) is 35.4 Å². The van der Waals surface area contributed by atoms with Crippen molar-refractivity contribution < 1.29 is 13.6 Å². The number of amides is 1. The summed E-state index contributed by atoms with van der Waals surface area (Å²) in [5.74, 6) is -0.950. The molecule has 1 saturated heterocycles. The van der Waals surface area contributed by atoms with Gasteiger partial charge in [-0.2, -0.15) is 0 Å². The summed E-state index contributed by atoms with van der Waals surface area (Å²) in [5, 5.41) is 0. The zero-order valence-corrected chi connectivity index (χ0v) is 14.0. The van der Waals surface area contributed by atoms with Gasteiger partial charge in [0.25, 0.3) is 0 Å². The molecule has 4 nitrogen and oxygen atoms in total. The Kier molecular flexibility index (Phi) is 5.15. The minimum atomic E-state index is -0.563. The molecule has 132 valence electrons. The number of hydrogen-bond donors (Lipinski definition) is 1. The number of halogens is 2. The van der Waals surface area contributed by atoms with Crippen LogP contribution in [0.4, 0.5) is 8.78 Å². The molecular formula is C18H25F2N3O. The van der Waals surface area contributed by atoms with Crippen LogP contribution in [0.2, 0.25) is 0 Å². The fourth-order valence-electron chi connectivity index (χ4n) is 3.90. The number of hydrogen-bond acceptors (Lipinski definition) is 3. The van der Waals surface area contributed by atoms with Crippen molar-refractivity contribution in [2.75, 3.05) is 26.2 Å². The maximum absolute atomic E-state index is 14.0. The van der Waals surface area contributed by atoms with Crippen LogP contribution >= 0.6 is 0 Å². The van der Waals surface area contributed by atoms with E-state index in [2.05, 4.69) is 4.90 Å². The second kappa shape index (κ2) is 7.15. The third kappa shape index (κ3) is 3.44. The largest absolute Gasteiger partial charge is 0.340 e. The third-order valence-electron chi connectivity index (χ3n) is 5.47. The van der Waals surface area contributed by atoms with E-state index in [0.29, 0.717) is 31.7 Å². The Morgan fingerprint density at radius 2 is 1.92 bits per heavy atom. The first-order chi connectivity index (χ1) is 11.5. The summed E-state index contributed by atoms with van der Waals surface area (Å²) >= 11 is 0. The van der Waals surface area contributed by atoms with Crippen molar-refractivity contribution in [3.63, 3.8) is 0 Å². The van der Waals surface area contributed by atoms with E-state index < -0.39 is 11.6 Å². The lowest BCUT2D eigenvalue weighted by atomic mass is 10.0. The van der Waals surface area contributed by atoms with E-state index in [-0.39, 0.29) is 23.9 Å². The van der Waals surface area contributed by atoms with Crippen LogP contribution in [-0.4, -0.2) is 47.9 Å². The zero-order chi connectivity index (χ0) is 17.3. The van der Waals surface area contributed by atoms with Crippen LogP contribution in [0, 0.1) is 17.6 Å². The van der Waals surface area contributed by atoms with E-state index in [1.165, 1.54) is 12.1 Å². The molecule has 0 unspecified atom stereocenters. The highest BCUT2D eigenvalue weighted by Gasteiger charge is 2.35. The summed E-state index contributed by atoms with van der Waals surface area (Å²) in [4.78, 5) is 16.6. The lowest BCUT2D eigenvalue weighted by Gasteiger charge is -2.39. The molecule has 1 saturated carbocycles. The Labute approximate surface area is 141 Å². The topological polar surface area (TPSA) is 49.6 Å². The van der Waals surface area contributed by atoms with E-state index in [9.17, 15) is 13.6 Å². The lowest BCUT2D eigenvalue weighted by Crippen LogP contribution is -2.52. The molecule has 1 aromatic carbocycles. The van der Waals surface area contributed by atoms with Crippen molar-refractivity contribution in [1.82, 2.24) is 9.80 Å². The fraction of sp³-hybridized carbons (Fsp3) is 0.611. The minimum Gasteiger partial charge on any atom is -0.340 e. The van der Waals surface area contributed by atoms with E-state index in [0.717, 1.165) is 25.3 Å². The fourth-order valence-corrected chi connectivity index (χ4v) is 3.90. The quantitative estimate of drug-likeness (QED) is 0.921. The summed E-state index contributed by atoms with van der Waals surface area (Å²) in [6.45, 7) is 4.56. The number of rotatable bonds is 3. The molecule has 1 aliphatic heterocycles. The maximum Gasteiger partial charge on any atom is 0.227 e. The lowest BCUT2D eigenvalue weighted by molar-refractivity contribution is -0.137. The molecule has 0 bridgehead atoms. The third-order valence-corrected chi connectivity index (χ3v) is 5.47. The molecule has 1 aliphatic carbocycles. The molecule has 2 fully saturated rings. The molecule has 6 heteroatoms. The van der Waals surface area contributed by atoms with E-state index >= 15 is 0 Å². The van der Waals surface area contributed by atoms with Gasteiger partial charge in [0.15, 0.2) is 0 Å². The SMILES string of the molecule is C[C@H](c1ccc(F)cc1F)N1CCN(C(=O)[C@@H]2CCC[C@@H]2N)CC1. The number of nitrogens with two attached hydrogens (primary N) is 1. The Hall–Kier alpha value is -1.53. The van der Waals surface area contributed by atoms with E-state index in [4.69, 9.17) is 5.73 Å². The predicted octanol–water partition coefficient (Wildman–Crippen LogP) is 2.30. The molecule has 1 aromatic rings. The molecule has 0 radical (unpaired) electrons. The number of piperazine rings is 1. The Morgan fingerprint density at radius 1 is 1.21 bits per heavy atom. The van der Waals surface area contributed by atoms with Crippen molar-refractivity contribution in [2.45, 2.75) is 38.3 Å². The monoisotopic (exact) mass is 337 g/mol. The summed E-state index contributed by atoms with van der Waals surface area (Å²) in [5.41, 5.74) is 6.53. The number of benzene rings is 1. The first kappa shape index (κ1) is 17.3. The maximum atomic E-state index is 14.0. The van der Waals surface area contributed by atoms with Crippen molar-refractivity contribution in [2.24, 2.45) is 11.7 Å². The van der Waals surface area contributed by atoms with Crippen molar-refractivity contribution >= 4 is 5.91 Å². The van der Waals surface area contributed by atoms with Crippen LogP contribution in [0.3, 0.4) is 0 Å². The van der Waals surface area contributed by atoms with Gasteiger partial charge in [0.1, 0.15) is 11.6 Å². The molecule has 0 spiro atoms. The first-order valence-corrected chi connectivity index (χ1v) is 8.70. The molecular weight excluding hydrogens is 312 g/mol. The molecule has 1 heterocycles. The number of nitrogens with zero attached hydrogens (tertiary/aromatic N) is 2. The molecule has 24 heavy (non-hydrogen) atoms. The van der Waals surface area contributed by atoms with Gasteiger partial charge in [-0.15, -0.1) is 0 Å². The van der Waals surface area contributed by atoms with Gasteiger partial charge < -0.3 is 10.6 Å². The van der Waals surface area contributed by atoms with Gasteiger partial charge in [0.2, 0.25) is 5.91 Å².